The van der Waals surface area contributed by atoms with Crippen LogP contribution in [0.15, 0.2) is 59.7 Å². The first-order chi connectivity index (χ1) is 9.72. The molecule has 0 atom stereocenters. The minimum atomic E-state index is -0.739. The van der Waals surface area contributed by atoms with Crippen molar-refractivity contribution < 1.29 is 9.59 Å². The van der Waals surface area contributed by atoms with Crippen LogP contribution in [0.25, 0.3) is 10.4 Å². The van der Waals surface area contributed by atoms with Crippen LogP contribution in [0.3, 0.4) is 0 Å². The molecular formula is C14H10N4O2. The molecule has 0 aliphatic rings. The quantitative estimate of drug-likeness (QED) is 0.523. The third-order valence-electron chi connectivity index (χ3n) is 2.58. The van der Waals surface area contributed by atoms with E-state index in [9.17, 15) is 9.59 Å². The molecule has 98 valence electrons. The van der Waals surface area contributed by atoms with E-state index in [0.717, 1.165) is 0 Å². The highest BCUT2D eigenvalue weighted by molar-refractivity contribution is 6.09. The Balaban J connectivity index is 2.28. The van der Waals surface area contributed by atoms with Crippen molar-refractivity contribution in [1.82, 2.24) is 0 Å². The lowest BCUT2D eigenvalue weighted by atomic mass is 10.1. The van der Waals surface area contributed by atoms with E-state index in [0.29, 0.717) is 11.3 Å². The van der Waals surface area contributed by atoms with Crippen molar-refractivity contribution in [3.63, 3.8) is 0 Å². The van der Waals surface area contributed by atoms with E-state index in [4.69, 9.17) is 5.53 Å². The number of hydrogen-bond donors (Lipinski definition) is 1. The number of rotatable bonds is 3. The Morgan fingerprint density at radius 3 is 2.35 bits per heavy atom. The first kappa shape index (κ1) is 13.3. The lowest BCUT2D eigenvalue weighted by Gasteiger charge is -2.08. The van der Waals surface area contributed by atoms with Gasteiger partial charge in [-0.1, -0.05) is 30.3 Å². The zero-order chi connectivity index (χ0) is 14.4. The van der Waals surface area contributed by atoms with Crippen LogP contribution < -0.4 is 5.32 Å². The predicted molar refractivity (Wildman–Crippen MR) is 74.3 cm³/mol. The van der Waals surface area contributed by atoms with Gasteiger partial charge in [0.15, 0.2) is 0 Å². The molecule has 2 rings (SSSR count). The molecule has 6 nitrogen and oxygen atoms in total. The zero-order valence-electron chi connectivity index (χ0n) is 10.4. The van der Waals surface area contributed by atoms with Crippen LogP contribution in [-0.4, -0.2) is 11.8 Å². The zero-order valence-corrected chi connectivity index (χ0v) is 10.4. The van der Waals surface area contributed by atoms with Crippen molar-refractivity contribution in [1.29, 1.82) is 0 Å². The Morgan fingerprint density at radius 2 is 1.65 bits per heavy atom. The van der Waals surface area contributed by atoms with Crippen molar-refractivity contribution in [3.8, 4) is 0 Å². The van der Waals surface area contributed by atoms with Gasteiger partial charge in [-0.3, -0.25) is 9.59 Å². The van der Waals surface area contributed by atoms with Crippen LogP contribution in [-0.2, 0) is 0 Å². The first-order valence-corrected chi connectivity index (χ1v) is 5.77. The van der Waals surface area contributed by atoms with Gasteiger partial charge in [0.1, 0.15) is 0 Å². The normalized spacial score (nSPS) is 9.40. The maximum absolute atomic E-state index is 12.0. The predicted octanol–water partition coefficient (Wildman–Crippen LogP) is 3.39. The van der Waals surface area contributed by atoms with E-state index in [-0.39, 0.29) is 11.5 Å². The summed E-state index contributed by atoms with van der Waals surface area (Å²) < 4.78 is 0. The molecule has 0 saturated heterocycles. The summed E-state index contributed by atoms with van der Waals surface area (Å²) in [6.45, 7) is 0. The molecule has 0 heterocycles. The van der Waals surface area contributed by atoms with E-state index < -0.39 is 5.91 Å². The van der Waals surface area contributed by atoms with Gasteiger partial charge in [-0.15, -0.1) is 0 Å². The molecule has 2 aromatic rings. The molecule has 0 saturated carbocycles. The summed E-state index contributed by atoms with van der Waals surface area (Å²) in [5.41, 5.74) is 9.22. The molecule has 0 spiro atoms. The number of anilines is 1. The second-order valence-electron chi connectivity index (χ2n) is 3.86. The minimum absolute atomic E-state index is 0.148. The van der Waals surface area contributed by atoms with Gasteiger partial charge in [-0.2, -0.15) is 0 Å². The standard InChI is InChI=1S/C14H10N4O2/c15-18-17-14(20)11-8-4-5-9-12(11)16-13(19)10-6-2-1-3-7-10/h1-9H,(H,16,19). The van der Waals surface area contributed by atoms with Crippen molar-refractivity contribution in [3.05, 3.63) is 76.2 Å². The molecule has 2 aromatic carbocycles. The molecule has 0 unspecified atom stereocenters. The van der Waals surface area contributed by atoms with Gasteiger partial charge < -0.3 is 5.32 Å². The van der Waals surface area contributed by atoms with Crippen LogP contribution >= 0.6 is 0 Å². The van der Waals surface area contributed by atoms with Crippen LogP contribution in [0.5, 0.6) is 0 Å². The molecule has 2 amide bonds. The Kier molecular flexibility index (Phi) is 4.11. The van der Waals surface area contributed by atoms with Crippen LogP contribution in [0.1, 0.15) is 20.7 Å². The topological polar surface area (TPSA) is 94.9 Å². The number of nitrogens with one attached hydrogen (secondary N) is 1. The van der Waals surface area contributed by atoms with E-state index in [1.165, 1.54) is 6.07 Å². The Labute approximate surface area is 114 Å². The van der Waals surface area contributed by atoms with Crippen LogP contribution in [0, 0.1) is 0 Å². The average molecular weight is 266 g/mol. The molecule has 20 heavy (non-hydrogen) atoms. The monoisotopic (exact) mass is 266 g/mol. The van der Waals surface area contributed by atoms with E-state index in [2.05, 4.69) is 15.3 Å². The number of benzene rings is 2. The smallest absolute Gasteiger partial charge is 0.255 e. The molecule has 0 fully saturated rings. The van der Waals surface area contributed by atoms with Crippen molar-refractivity contribution in [2.75, 3.05) is 5.32 Å². The summed E-state index contributed by atoms with van der Waals surface area (Å²) in [6.07, 6.45) is 0. The number of azide groups is 1. The molecular weight excluding hydrogens is 256 g/mol. The van der Waals surface area contributed by atoms with Crippen LogP contribution in [0.4, 0.5) is 5.69 Å². The average Bonchev–Trinajstić information content (AvgIpc) is 2.49. The van der Waals surface area contributed by atoms with E-state index in [1.807, 2.05) is 0 Å². The van der Waals surface area contributed by atoms with E-state index in [1.54, 1.807) is 48.5 Å². The number of carbonyl (C=O) groups is 2. The minimum Gasteiger partial charge on any atom is -0.321 e. The molecule has 0 aliphatic heterocycles. The van der Waals surface area contributed by atoms with Crippen LogP contribution in [0.2, 0.25) is 0 Å². The van der Waals surface area contributed by atoms with E-state index >= 15 is 0 Å². The fraction of sp³-hybridized carbons (Fsp3) is 0. The van der Waals surface area contributed by atoms with Gasteiger partial charge in [-0.05, 0) is 34.9 Å². The third-order valence-corrected chi connectivity index (χ3v) is 2.58. The third kappa shape index (κ3) is 3.01. The van der Waals surface area contributed by atoms with Gasteiger partial charge in [0, 0.05) is 16.0 Å². The number of carbonyl (C=O) groups excluding carboxylic acids is 2. The second kappa shape index (κ2) is 6.17. The molecule has 0 radical (unpaired) electrons. The summed E-state index contributed by atoms with van der Waals surface area (Å²) in [4.78, 5) is 26.1. The summed E-state index contributed by atoms with van der Waals surface area (Å²) in [5, 5.41) is 5.65. The molecule has 0 bridgehead atoms. The SMILES string of the molecule is [N-]=[N+]=NC(=O)c1ccccc1NC(=O)c1ccccc1. The second-order valence-corrected chi connectivity index (χ2v) is 3.86. The van der Waals surface area contributed by atoms with Crippen molar-refractivity contribution in [2.45, 2.75) is 0 Å². The lowest BCUT2D eigenvalue weighted by molar-refractivity contribution is 0.100. The van der Waals surface area contributed by atoms with Crippen molar-refractivity contribution in [2.24, 2.45) is 5.11 Å². The molecule has 1 N–H and O–H groups in total. The summed E-state index contributed by atoms with van der Waals surface area (Å²) in [5.74, 6) is -1.08. The highest BCUT2D eigenvalue weighted by Crippen LogP contribution is 2.17. The van der Waals surface area contributed by atoms with Gasteiger partial charge >= 0.3 is 0 Å². The molecule has 0 aromatic heterocycles. The Bertz CT molecular complexity index is 691. The maximum atomic E-state index is 12.0. The summed E-state index contributed by atoms with van der Waals surface area (Å²) >= 11 is 0. The lowest BCUT2D eigenvalue weighted by Crippen LogP contribution is -2.14. The summed E-state index contributed by atoms with van der Waals surface area (Å²) in [7, 11) is 0. The fourth-order valence-corrected chi connectivity index (χ4v) is 1.66. The van der Waals surface area contributed by atoms with Gasteiger partial charge in [-0.25, -0.2) is 0 Å². The van der Waals surface area contributed by atoms with Crippen molar-refractivity contribution >= 4 is 17.5 Å². The highest BCUT2D eigenvalue weighted by atomic mass is 16.2. The Hall–Kier alpha value is -3.11. The number of hydrogen-bond acceptors (Lipinski definition) is 2. The Morgan fingerprint density at radius 1 is 1.00 bits per heavy atom. The number of para-hydroxylation sites is 1. The molecule has 0 aliphatic carbocycles. The van der Waals surface area contributed by atoms with Gasteiger partial charge in [0.25, 0.3) is 11.8 Å². The first-order valence-electron chi connectivity index (χ1n) is 5.77. The maximum Gasteiger partial charge on any atom is 0.255 e. The highest BCUT2D eigenvalue weighted by Gasteiger charge is 2.12. The largest absolute Gasteiger partial charge is 0.321 e. The summed E-state index contributed by atoms with van der Waals surface area (Å²) in [6, 6.07) is 15.0. The van der Waals surface area contributed by atoms with Gasteiger partial charge in [0.2, 0.25) is 0 Å². The number of nitrogens with zero attached hydrogens (tertiary/aromatic N) is 3. The molecule has 6 heteroatoms. The van der Waals surface area contributed by atoms with Gasteiger partial charge in [0.05, 0.1) is 5.69 Å². The number of amides is 2. The fourth-order valence-electron chi connectivity index (χ4n) is 1.66.